The number of carbonyl (C=O) groups excluding carboxylic acids is 1. The number of piperazine rings is 1. The number of carbonyl (C=O) groups is 1. The van der Waals surface area contributed by atoms with E-state index in [2.05, 4.69) is 37.4 Å². The van der Waals surface area contributed by atoms with Gasteiger partial charge < -0.3 is 15.1 Å². The molecule has 1 saturated heterocycles. The summed E-state index contributed by atoms with van der Waals surface area (Å²) in [7, 11) is 0. The quantitative estimate of drug-likeness (QED) is 0.644. The Hall–Kier alpha value is -3.07. The van der Waals surface area contributed by atoms with Gasteiger partial charge in [-0.1, -0.05) is 13.0 Å². The molecule has 1 fully saturated rings. The first-order valence-electron chi connectivity index (χ1n) is 10.1. The number of pyridine rings is 1. The van der Waals surface area contributed by atoms with E-state index in [9.17, 15) is 4.79 Å². The lowest BCUT2D eigenvalue weighted by Crippen LogP contribution is -2.48. The van der Waals surface area contributed by atoms with Gasteiger partial charge in [-0.2, -0.15) is 4.52 Å². The van der Waals surface area contributed by atoms with Crippen molar-refractivity contribution in [1.82, 2.24) is 34.6 Å². The van der Waals surface area contributed by atoms with Crippen molar-refractivity contribution in [2.45, 2.75) is 26.3 Å². The van der Waals surface area contributed by atoms with Crippen LogP contribution in [0, 0.1) is 0 Å². The Morgan fingerprint density at radius 2 is 2.00 bits per heavy atom. The number of nitrogens with zero attached hydrogens (tertiary/aromatic N) is 7. The monoisotopic (exact) mass is 394 g/mol. The van der Waals surface area contributed by atoms with Gasteiger partial charge in [-0.15, -0.1) is 15.3 Å². The molecule has 1 N–H and O–H groups in total. The standard InChI is InChI=1S/C20H26N8O/c1-2-26-10-12-27(13-11-26)20(29)8-7-19-24-23-18-6-5-17(25-28(18)19)22-15-16-4-3-9-21-14-16/h3-6,9,14H,2,7-8,10-13,15H2,1H3,(H,22,25). The fourth-order valence-corrected chi connectivity index (χ4v) is 3.47. The largest absolute Gasteiger partial charge is 0.364 e. The topological polar surface area (TPSA) is 91.5 Å². The number of likely N-dealkylation sites (N-methyl/N-ethyl adjacent to an activating group) is 1. The van der Waals surface area contributed by atoms with Crippen molar-refractivity contribution in [2.75, 3.05) is 38.0 Å². The number of rotatable bonds is 7. The van der Waals surface area contributed by atoms with Gasteiger partial charge in [0.1, 0.15) is 5.82 Å². The number of aromatic nitrogens is 5. The average Bonchev–Trinajstić information content (AvgIpc) is 3.19. The van der Waals surface area contributed by atoms with Crippen LogP contribution in [-0.2, 0) is 17.8 Å². The van der Waals surface area contributed by atoms with Gasteiger partial charge in [0.2, 0.25) is 5.91 Å². The van der Waals surface area contributed by atoms with Crippen molar-refractivity contribution in [1.29, 1.82) is 0 Å². The maximum Gasteiger partial charge on any atom is 0.223 e. The van der Waals surface area contributed by atoms with Crippen molar-refractivity contribution >= 4 is 17.4 Å². The van der Waals surface area contributed by atoms with Gasteiger partial charge in [0, 0.05) is 58.0 Å². The molecular weight excluding hydrogens is 368 g/mol. The van der Waals surface area contributed by atoms with Gasteiger partial charge in [0.05, 0.1) is 0 Å². The van der Waals surface area contributed by atoms with Crippen molar-refractivity contribution < 1.29 is 4.79 Å². The number of amides is 1. The van der Waals surface area contributed by atoms with Crippen LogP contribution >= 0.6 is 0 Å². The number of aryl methyl sites for hydroxylation is 1. The fraction of sp³-hybridized carbons (Fsp3) is 0.450. The molecule has 3 aromatic heterocycles. The van der Waals surface area contributed by atoms with Gasteiger partial charge in [-0.3, -0.25) is 9.78 Å². The molecule has 4 rings (SSSR count). The van der Waals surface area contributed by atoms with E-state index < -0.39 is 0 Å². The number of hydrogen-bond acceptors (Lipinski definition) is 7. The summed E-state index contributed by atoms with van der Waals surface area (Å²) >= 11 is 0. The van der Waals surface area contributed by atoms with Crippen molar-refractivity contribution in [2.24, 2.45) is 0 Å². The lowest BCUT2D eigenvalue weighted by molar-refractivity contribution is -0.132. The Kier molecular flexibility index (Phi) is 5.95. The Labute approximate surface area is 169 Å². The van der Waals surface area contributed by atoms with Crippen LogP contribution in [0.15, 0.2) is 36.7 Å². The first-order chi connectivity index (χ1) is 14.2. The maximum absolute atomic E-state index is 12.6. The summed E-state index contributed by atoms with van der Waals surface area (Å²) in [6, 6.07) is 7.67. The second kappa shape index (κ2) is 8.95. The van der Waals surface area contributed by atoms with Crippen molar-refractivity contribution in [3.63, 3.8) is 0 Å². The van der Waals surface area contributed by atoms with E-state index >= 15 is 0 Å². The number of anilines is 1. The molecule has 3 aromatic rings. The molecule has 0 spiro atoms. The molecule has 9 heteroatoms. The summed E-state index contributed by atoms with van der Waals surface area (Å²) < 4.78 is 1.72. The molecular formula is C20H26N8O. The zero-order valence-corrected chi connectivity index (χ0v) is 16.7. The van der Waals surface area contributed by atoms with E-state index in [1.54, 1.807) is 10.7 Å². The number of hydrogen-bond donors (Lipinski definition) is 1. The zero-order valence-electron chi connectivity index (χ0n) is 16.7. The van der Waals surface area contributed by atoms with Gasteiger partial charge in [0.25, 0.3) is 0 Å². The predicted octanol–water partition coefficient (Wildman–Crippen LogP) is 1.23. The molecule has 0 saturated carbocycles. The molecule has 0 unspecified atom stereocenters. The third-order valence-electron chi connectivity index (χ3n) is 5.26. The SMILES string of the molecule is CCN1CCN(C(=O)CCc2nnc3ccc(NCc4cccnc4)nn23)CC1. The van der Waals surface area contributed by atoms with Crippen LogP contribution in [0.3, 0.4) is 0 Å². The molecule has 1 aliphatic rings. The van der Waals surface area contributed by atoms with Crippen LogP contribution in [0.1, 0.15) is 24.7 Å². The number of nitrogens with one attached hydrogen (secondary N) is 1. The normalized spacial score (nSPS) is 15.0. The highest BCUT2D eigenvalue weighted by atomic mass is 16.2. The van der Waals surface area contributed by atoms with Crippen LogP contribution in [-0.4, -0.2) is 73.2 Å². The second-order valence-electron chi connectivity index (χ2n) is 7.13. The van der Waals surface area contributed by atoms with Gasteiger partial charge >= 0.3 is 0 Å². The third-order valence-corrected chi connectivity index (χ3v) is 5.26. The number of fused-ring (bicyclic) bond motifs is 1. The minimum atomic E-state index is 0.170. The van der Waals surface area contributed by atoms with Gasteiger partial charge in [-0.05, 0) is 30.3 Å². The maximum atomic E-state index is 12.6. The summed E-state index contributed by atoms with van der Waals surface area (Å²) in [4.78, 5) is 21.0. The highest BCUT2D eigenvalue weighted by Crippen LogP contribution is 2.11. The Balaban J connectivity index is 1.37. The molecule has 0 atom stereocenters. The molecule has 0 radical (unpaired) electrons. The average molecular weight is 394 g/mol. The van der Waals surface area contributed by atoms with Crippen molar-refractivity contribution in [3.8, 4) is 0 Å². The molecule has 4 heterocycles. The summed E-state index contributed by atoms with van der Waals surface area (Å²) in [5.74, 6) is 1.60. The lowest BCUT2D eigenvalue weighted by atomic mass is 10.2. The van der Waals surface area contributed by atoms with Crippen LogP contribution in [0.5, 0.6) is 0 Å². The van der Waals surface area contributed by atoms with Crippen LogP contribution in [0.25, 0.3) is 5.65 Å². The molecule has 0 aromatic carbocycles. The third kappa shape index (κ3) is 4.68. The molecule has 29 heavy (non-hydrogen) atoms. The summed E-state index contributed by atoms with van der Waals surface area (Å²) in [5, 5.41) is 16.3. The van der Waals surface area contributed by atoms with Crippen molar-refractivity contribution in [3.05, 3.63) is 48.0 Å². The summed E-state index contributed by atoms with van der Waals surface area (Å²) in [6.07, 6.45) is 4.51. The minimum absolute atomic E-state index is 0.170. The lowest BCUT2D eigenvalue weighted by Gasteiger charge is -2.34. The predicted molar refractivity (Wildman–Crippen MR) is 109 cm³/mol. The van der Waals surface area contributed by atoms with Gasteiger partial charge in [-0.25, -0.2) is 0 Å². The molecule has 9 nitrogen and oxygen atoms in total. The van der Waals surface area contributed by atoms with Crippen LogP contribution < -0.4 is 5.32 Å². The molecule has 1 aliphatic heterocycles. The smallest absolute Gasteiger partial charge is 0.223 e. The van der Waals surface area contributed by atoms with E-state index in [1.807, 2.05) is 35.4 Å². The molecule has 1 amide bonds. The van der Waals surface area contributed by atoms with E-state index in [-0.39, 0.29) is 5.91 Å². The second-order valence-corrected chi connectivity index (χ2v) is 7.13. The van der Waals surface area contributed by atoms with E-state index in [0.717, 1.165) is 44.1 Å². The summed E-state index contributed by atoms with van der Waals surface area (Å²) in [5.41, 5.74) is 1.75. The minimum Gasteiger partial charge on any atom is -0.364 e. The highest BCUT2D eigenvalue weighted by Gasteiger charge is 2.20. The van der Waals surface area contributed by atoms with Gasteiger partial charge in [0.15, 0.2) is 11.5 Å². The fourth-order valence-electron chi connectivity index (χ4n) is 3.47. The van der Waals surface area contributed by atoms with Crippen LogP contribution in [0.2, 0.25) is 0 Å². The molecule has 0 aliphatic carbocycles. The first kappa shape index (κ1) is 19.3. The zero-order chi connectivity index (χ0) is 20.1. The first-order valence-corrected chi connectivity index (χ1v) is 10.1. The van der Waals surface area contributed by atoms with E-state index in [1.165, 1.54) is 0 Å². The van der Waals surface area contributed by atoms with E-state index in [4.69, 9.17) is 0 Å². The molecule has 152 valence electrons. The molecule has 0 bridgehead atoms. The Morgan fingerprint density at radius 1 is 1.14 bits per heavy atom. The van der Waals surface area contributed by atoms with Crippen LogP contribution in [0.4, 0.5) is 5.82 Å². The Bertz CT molecular complexity index is 950. The van der Waals surface area contributed by atoms with E-state index in [0.29, 0.717) is 30.9 Å². The summed E-state index contributed by atoms with van der Waals surface area (Å²) in [6.45, 7) is 7.32. The highest BCUT2D eigenvalue weighted by molar-refractivity contribution is 5.76. The Morgan fingerprint density at radius 3 is 2.76 bits per heavy atom.